The van der Waals surface area contributed by atoms with Crippen molar-refractivity contribution in [2.75, 3.05) is 5.32 Å². The number of hydrogen-bond acceptors (Lipinski definition) is 5. The maximum absolute atomic E-state index is 12.7. The first-order valence-electron chi connectivity index (χ1n) is 8.29. The Balaban J connectivity index is 1.79. The van der Waals surface area contributed by atoms with Crippen LogP contribution < -0.4 is 10.6 Å². The highest BCUT2D eigenvalue weighted by Gasteiger charge is 2.32. The highest BCUT2D eigenvalue weighted by atomic mass is 79.9. The van der Waals surface area contributed by atoms with Gasteiger partial charge in [-0.05, 0) is 43.5 Å². The second kappa shape index (κ2) is 8.35. The molecule has 26 heavy (non-hydrogen) atoms. The quantitative estimate of drug-likeness (QED) is 0.585. The van der Waals surface area contributed by atoms with E-state index in [1.54, 1.807) is 24.4 Å². The number of amides is 1. The van der Waals surface area contributed by atoms with E-state index in [0.29, 0.717) is 34.8 Å². The van der Waals surface area contributed by atoms with Crippen molar-refractivity contribution in [1.29, 1.82) is 0 Å². The maximum Gasteiger partial charge on any atom is 0.253 e. The Labute approximate surface area is 164 Å². The minimum atomic E-state index is -0.966. The summed E-state index contributed by atoms with van der Waals surface area (Å²) >= 11 is 9.58. The van der Waals surface area contributed by atoms with Gasteiger partial charge < -0.3 is 20.8 Å². The normalized spacial score (nSPS) is 22.7. The van der Waals surface area contributed by atoms with Crippen LogP contribution in [0.25, 0.3) is 0 Å². The van der Waals surface area contributed by atoms with E-state index in [2.05, 4.69) is 31.5 Å². The highest BCUT2D eigenvalue weighted by Crippen LogP contribution is 2.29. The van der Waals surface area contributed by atoms with Crippen LogP contribution in [0.3, 0.4) is 0 Å². The van der Waals surface area contributed by atoms with Crippen LogP contribution in [-0.4, -0.2) is 39.4 Å². The third-order valence-electron chi connectivity index (χ3n) is 4.40. The van der Waals surface area contributed by atoms with Gasteiger partial charge in [0.05, 0.1) is 46.4 Å². The van der Waals surface area contributed by atoms with Crippen LogP contribution in [0.1, 0.15) is 29.6 Å². The lowest BCUT2D eigenvalue weighted by Crippen LogP contribution is -2.51. The van der Waals surface area contributed by atoms with Crippen LogP contribution in [0.5, 0.6) is 0 Å². The molecule has 2 aromatic rings. The van der Waals surface area contributed by atoms with Crippen molar-refractivity contribution in [3.05, 3.63) is 51.7 Å². The zero-order chi connectivity index (χ0) is 18.7. The van der Waals surface area contributed by atoms with Gasteiger partial charge in [0.2, 0.25) is 0 Å². The highest BCUT2D eigenvalue weighted by molar-refractivity contribution is 9.10. The fourth-order valence-electron chi connectivity index (χ4n) is 2.99. The standard InChI is InChI=1S/C18H19BrClN3O3/c19-10-4-5-13(12(20)8-10)22-15-9-21-7-6-11(15)18(26)23-14-2-1-3-16(24)17(14)25/h4-9,14,16-17,22,24-25H,1-3H2,(H,23,26)/t14-,16-,17+/m1/s1. The van der Waals surface area contributed by atoms with E-state index in [-0.39, 0.29) is 5.91 Å². The van der Waals surface area contributed by atoms with E-state index in [1.165, 1.54) is 6.20 Å². The summed E-state index contributed by atoms with van der Waals surface area (Å²) in [4.78, 5) is 16.8. The largest absolute Gasteiger partial charge is 0.390 e. The zero-order valence-corrected chi connectivity index (χ0v) is 16.2. The van der Waals surface area contributed by atoms with Crippen molar-refractivity contribution in [3.8, 4) is 0 Å². The van der Waals surface area contributed by atoms with E-state index in [0.717, 1.165) is 10.9 Å². The van der Waals surface area contributed by atoms with E-state index >= 15 is 0 Å². The summed E-state index contributed by atoms with van der Waals surface area (Å²) in [5.74, 6) is -0.346. The summed E-state index contributed by atoms with van der Waals surface area (Å²) in [7, 11) is 0. The van der Waals surface area contributed by atoms with Gasteiger partial charge in [-0.25, -0.2) is 0 Å². The number of halogens is 2. The van der Waals surface area contributed by atoms with Crippen molar-refractivity contribution in [1.82, 2.24) is 10.3 Å². The number of hydrogen-bond donors (Lipinski definition) is 4. The topological polar surface area (TPSA) is 94.5 Å². The Hall–Kier alpha value is -1.67. The van der Waals surface area contributed by atoms with Gasteiger partial charge in [0.15, 0.2) is 0 Å². The number of nitrogens with one attached hydrogen (secondary N) is 2. The summed E-state index contributed by atoms with van der Waals surface area (Å²) in [5, 5.41) is 26.3. The number of benzene rings is 1. The van der Waals surface area contributed by atoms with Gasteiger partial charge in [-0.3, -0.25) is 9.78 Å². The van der Waals surface area contributed by atoms with Crippen LogP contribution in [0.2, 0.25) is 5.02 Å². The molecule has 1 aromatic carbocycles. The molecule has 1 aliphatic rings. The third kappa shape index (κ3) is 4.35. The number of rotatable bonds is 4. The van der Waals surface area contributed by atoms with E-state index in [9.17, 15) is 15.0 Å². The van der Waals surface area contributed by atoms with E-state index in [1.807, 2.05) is 6.07 Å². The Morgan fingerprint density at radius 1 is 1.23 bits per heavy atom. The molecule has 3 atom stereocenters. The Morgan fingerprint density at radius 2 is 2.04 bits per heavy atom. The summed E-state index contributed by atoms with van der Waals surface area (Å²) < 4.78 is 0.849. The molecule has 1 aliphatic carbocycles. The average molecular weight is 441 g/mol. The summed E-state index contributed by atoms with van der Waals surface area (Å²) in [6.07, 6.45) is 3.19. The monoisotopic (exact) mass is 439 g/mol. The van der Waals surface area contributed by atoms with Gasteiger partial charge in [-0.1, -0.05) is 27.5 Å². The lowest BCUT2D eigenvalue weighted by atomic mass is 9.90. The average Bonchev–Trinajstić information content (AvgIpc) is 2.62. The molecule has 4 N–H and O–H groups in total. The predicted octanol–water partition coefficient (Wildman–Crippen LogP) is 3.25. The second-order valence-electron chi connectivity index (χ2n) is 6.24. The third-order valence-corrected chi connectivity index (χ3v) is 5.21. The van der Waals surface area contributed by atoms with Crippen molar-refractivity contribution in [2.45, 2.75) is 37.5 Å². The van der Waals surface area contributed by atoms with Crippen LogP contribution in [0, 0.1) is 0 Å². The van der Waals surface area contributed by atoms with Crippen molar-refractivity contribution >= 4 is 44.8 Å². The number of anilines is 2. The minimum Gasteiger partial charge on any atom is -0.390 e. The number of carbonyl (C=O) groups is 1. The molecule has 6 nitrogen and oxygen atoms in total. The Bertz CT molecular complexity index is 805. The molecule has 0 bridgehead atoms. The first-order valence-corrected chi connectivity index (χ1v) is 9.46. The van der Waals surface area contributed by atoms with E-state index < -0.39 is 18.2 Å². The first kappa shape index (κ1) is 19.1. The van der Waals surface area contributed by atoms with Crippen molar-refractivity contribution in [3.63, 3.8) is 0 Å². The molecule has 8 heteroatoms. The molecule has 0 spiro atoms. The Morgan fingerprint density at radius 3 is 2.81 bits per heavy atom. The molecule has 138 valence electrons. The summed E-state index contributed by atoms with van der Waals surface area (Å²) in [6.45, 7) is 0. The maximum atomic E-state index is 12.7. The molecule has 1 fully saturated rings. The fraction of sp³-hybridized carbons (Fsp3) is 0.333. The number of pyridine rings is 1. The number of aliphatic hydroxyl groups is 2. The fourth-order valence-corrected chi connectivity index (χ4v) is 3.71. The van der Waals surface area contributed by atoms with Gasteiger partial charge in [-0.2, -0.15) is 0 Å². The SMILES string of the molecule is O=C(N[C@@H]1CCC[C@@H](O)[C@H]1O)c1ccncc1Nc1ccc(Br)cc1Cl. The second-order valence-corrected chi connectivity index (χ2v) is 7.56. The molecular formula is C18H19BrClN3O3. The zero-order valence-electron chi connectivity index (χ0n) is 13.8. The molecule has 0 radical (unpaired) electrons. The predicted molar refractivity (Wildman–Crippen MR) is 104 cm³/mol. The molecular weight excluding hydrogens is 422 g/mol. The lowest BCUT2D eigenvalue weighted by molar-refractivity contribution is -0.0277. The summed E-state index contributed by atoms with van der Waals surface area (Å²) in [5.41, 5.74) is 1.52. The van der Waals surface area contributed by atoms with Gasteiger partial charge in [0.25, 0.3) is 5.91 Å². The lowest BCUT2D eigenvalue weighted by Gasteiger charge is -2.32. The van der Waals surface area contributed by atoms with Gasteiger partial charge in [0, 0.05) is 10.7 Å². The number of aromatic nitrogens is 1. The van der Waals surface area contributed by atoms with E-state index in [4.69, 9.17) is 11.6 Å². The summed E-state index contributed by atoms with van der Waals surface area (Å²) in [6, 6.07) is 6.49. The Kier molecular flexibility index (Phi) is 6.13. The van der Waals surface area contributed by atoms with Gasteiger partial charge >= 0.3 is 0 Å². The van der Waals surface area contributed by atoms with Crippen LogP contribution in [0.4, 0.5) is 11.4 Å². The smallest absolute Gasteiger partial charge is 0.253 e. The van der Waals surface area contributed by atoms with Crippen molar-refractivity contribution < 1.29 is 15.0 Å². The van der Waals surface area contributed by atoms with Crippen LogP contribution >= 0.6 is 27.5 Å². The molecule has 0 unspecified atom stereocenters. The van der Waals surface area contributed by atoms with Gasteiger partial charge in [0.1, 0.15) is 0 Å². The molecule has 1 heterocycles. The van der Waals surface area contributed by atoms with Crippen molar-refractivity contribution in [2.24, 2.45) is 0 Å². The number of carbonyl (C=O) groups excluding carboxylic acids is 1. The number of aliphatic hydroxyl groups excluding tert-OH is 2. The molecule has 3 rings (SSSR count). The number of nitrogens with zero attached hydrogens (tertiary/aromatic N) is 1. The minimum absolute atomic E-state index is 0.346. The molecule has 1 aromatic heterocycles. The first-order chi connectivity index (χ1) is 12.5. The molecule has 1 amide bonds. The molecule has 0 saturated heterocycles. The molecule has 1 saturated carbocycles. The van der Waals surface area contributed by atoms with Crippen LogP contribution in [0.15, 0.2) is 41.1 Å². The van der Waals surface area contributed by atoms with Gasteiger partial charge in [-0.15, -0.1) is 0 Å². The van der Waals surface area contributed by atoms with Crippen LogP contribution in [-0.2, 0) is 0 Å². The molecule has 0 aliphatic heterocycles.